The lowest BCUT2D eigenvalue weighted by Crippen LogP contribution is -2.53. The molecule has 0 spiro atoms. The van der Waals surface area contributed by atoms with Crippen molar-refractivity contribution in [1.82, 2.24) is 10.2 Å². The molecule has 2 aliphatic rings. The highest BCUT2D eigenvalue weighted by Gasteiger charge is 2.53. The third-order valence-electron chi connectivity index (χ3n) is 6.37. The number of nitrogens with one attached hydrogen (secondary N) is 1. The summed E-state index contributed by atoms with van der Waals surface area (Å²) < 4.78 is 23.4. The molecule has 0 aliphatic carbocycles. The summed E-state index contributed by atoms with van der Waals surface area (Å²) in [5.41, 5.74) is 0.844. The van der Waals surface area contributed by atoms with Crippen LogP contribution in [0.4, 0.5) is 4.79 Å². The van der Waals surface area contributed by atoms with Crippen LogP contribution < -0.4 is 5.32 Å². The van der Waals surface area contributed by atoms with E-state index in [1.54, 1.807) is 97.1 Å². The van der Waals surface area contributed by atoms with Gasteiger partial charge in [0.1, 0.15) is 12.7 Å². The molecule has 0 bridgehead atoms. The summed E-state index contributed by atoms with van der Waals surface area (Å²) in [6.07, 6.45) is -1.48. The van der Waals surface area contributed by atoms with Crippen LogP contribution in [-0.2, 0) is 18.9 Å². The molecule has 5 rings (SSSR count). The van der Waals surface area contributed by atoms with Gasteiger partial charge in [-0.05, 0) is 42.5 Å². The van der Waals surface area contributed by atoms with Crippen molar-refractivity contribution in [3.63, 3.8) is 0 Å². The lowest BCUT2D eigenvalue weighted by molar-refractivity contribution is -0.0827. The third-order valence-corrected chi connectivity index (χ3v) is 6.37. The Bertz CT molecular complexity index is 1380. The monoisotopic (exact) mass is 542 g/mol. The first-order valence-electron chi connectivity index (χ1n) is 12.6. The van der Waals surface area contributed by atoms with E-state index in [-0.39, 0.29) is 24.3 Å². The molecule has 4 atom stereocenters. The zero-order valence-electron chi connectivity index (χ0n) is 21.3. The van der Waals surface area contributed by atoms with Gasteiger partial charge in [0, 0.05) is 12.7 Å². The molecule has 1 saturated heterocycles. The van der Waals surface area contributed by atoms with E-state index in [0.29, 0.717) is 5.56 Å². The molecule has 2 aliphatic heterocycles. The van der Waals surface area contributed by atoms with Gasteiger partial charge in [0.25, 0.3) is 0 Å². The van der Waals surface area contributed by atoms with Crippen molar-refractivity contribution >= 4 is 23.9 Å². The Morgan fingerprint density at radius 3 is 1.77 bits per heavy atom. The molecule has 2 amide bonds. The van der Waals surface area contributed by atoms with E-state index in [4.69, 9.17) is 18.9 Å². The van der Waals surface area contributed by atoms with Gasteiger partial charge in [-0.25, -0.2) is 19.2 Å². The van der Waals surface area contributed by atoms with Crippen molar-refractivity contribution in [3.05, 3.63) is 120 Å². The first kappa shape index (κ1) is 26.6. The van der Waals surface area contributed by atoms with E-state index in [1.165, 1.54) is 11.1 Å². The molecule has 0 aromatic heterocycles. The number of carbonyl (C=O) groups is 4. The van der Waals surface area contributed by atoms with Crippen LogP contribution in [0.2, 0.25) is 0 Å². The van der Waals surface area contributed by atoms with Gasteiger partial charge in [-0.15, -0.1) is 0 Å². The van der Waals surface area contributed by atoms with Crippen LogP contribution in [0.15, 0.2) is 103 Å². The molecule has 2 heterocycles. The second-order valence-corrected chi connectivity index (χ2v) is 9.01. The zero-order chi connectivity index (χ0) is 27.9. The summed E-state index contributed by atoms with van der Waals surface area (Å²) in [5, 5.41) is 2.58. The topological polar surface area (TPSA) is 120 Å². The number of urea groups is 1. The van der Waals surface area contributed by atoms with Crippen molar-refractivity contribution in [1.29, 1.82) is 0 Å². The van der Waals surface area contributed by atoms with E-state index in [1.807, 2.05) is 0 Å². The lowest BCUT2D eigenvalue weighted by Gasteiger charge is -2.32. The molecule has 1 fully saturated rings. The Morgan fingerprint density at radius 1 is 0.750 bits per heavy atom. The minimum Gasteiger partial charge on any atom is -0.459 e. The second-order valence-electron chi connectivity index (χ2n) is 9.01. The number of amides is 2. The summed E-state index contributed by atoms with van der Waals surface area (Å²) >= 11 is 0. The first-order chi connectivity index (χ1) is 19.5. The molecule has 40 heavy (non-hydrogen) atoms. The Balaban J connectivity index is 1.45. The predicted molar refractivity (Wildman–Crippen MR) is 141 cm³/mol. The minimum absolute atomic E-state index is 0.145. The smallest absolute Gasteiger partial charge is 0.338 e. The number of esters is 3. The van der Waals surface area contributed by atoms with E-state index in [9.17, 15) is 19.2 Å². The van der Waals surface area contributed by atoms with Crippen LogP contribution in [0, 0.1) is 0 Å². The highest BCUT2D eigenvalue weighted by molar-refractivity contribution is 5.91. The van der Waals surface area contributed by atoms with E-state index < -0.39 is 48.5 Å². The average molecular weight is 543 g/mol. The maximum absolute atomic E-state index is 13.1. The first-order valence-corrected chi connectivity index (χ1v) is 12.6. The molecule has 3 aromatic carbocycles. The minimum atomic E-state index is -1.24. The Morgan fingerprint density at radius 2 is 1.25 bits per heavy atom. The van der Waals surface area contributed by atoms with Crippen LogP contribution >= 0.6 is 0 Å². The number of hydrogen-bond donors (Lipinski definition) is 1. The zero-order valence-corrected chi connectivity index (χ0v) is 21.3. The number of carbonyl (C=O) groups excluding carboxylic acids is 4. The summed E-state index contributed by atoms with van der Waals surface area (Å²) in [6.45, 7) is -0.187. The van der Waals surface area contributed by atoms with Crippen LogP contribution in [0.5, 0.6) is 0 Å². The van der Waals surface area contributed by atoms with E-state index >= 15 is 0 Å². The molecule has 0 unspecified atom stereocenters. The third kappa shape index (κ3) is 6.02. The Hall–Kier alpha value is -4.96. The highest BCUT2D eigenvalue weighted by atomic mass is 16.7. The number of nitrogens with zero attached hydrogens (tertiary/aromatic N) is 1. The fraction of sp³-hybridized carbons (Fsp3) is 0.200. The van der Waals surface area contributed by atoms with Crippen LogP contribution in [0.25, 0.3) is 0 Å². The van der Waals surface area contributed by atoms with Crippen molar-refractivity contribution in [2.45, 2.75) is 24.5 Å². The maximum Gasteiger partial charge on any atom is 0.338 e. The van der Waals surface area contributed by atoms with E-state index in [2.05, 4.69) is 5.32 Å². The Kier molecular flexibility index (Phi) is 8.17. The van der Waals surface area contributed by atoms with Crippen molar-refractivity contribution < 1.29 is 38.1 Å². The van der Waals surface area contributed by atoms with E-state index in [0.717, 1.165) is 0 Å². The molecular weight excluding hydrogens is 516 g/mol. The van der Waals surface area contributed by atoms with Gasteiger partial charge in [0.15, 0.2) is 18.4 Å². The van der Waals surface area contributed by atoms with Crippen LogP contribution in [-0.4, -0.2) is 66.5 Å². The molecule has 10 nitrogen and oxygen atoms in total. The fourth-order valence-corrected chi connectivity index (χ4v) is 4.39. The van der Waals surface area contributed by atoms with Crippen LogP contribution in [0.1, 0.15) is 31.1 Å². The average Bonchev–Trinajstić information content (AvgIpc) is 3.33. The van der Waals surface area contributed by atoms with Crippen molar-refractivity contribution in [2.24, 2.45) is 0 Å². The number of rotatable bonds is 8. The van der Waals surface area contributed by atoms with Gasteiger partial charge in [0.05, 0.1) is 16.7 Å². The molecule has 1 N–H and O–H groups in total. The van der Waals surface area contributed by atoms with Gasteiger partial charge in [-0.3, -0.25) is 4.90 Å². The fourth-order valence-electron chi connectivity index (χ4n) is 4.39. The summed E-state index contributed by atoms with van der Waals surface area (Å²) in [7, 11) is 0. The predicted octanol–water partition coefficient (Wildman–Crippen LogP) is 3.56. The van der Waals surface area contributed by atoms with Gasteiger partial charge in [-0.1, -0.05) is 54.6 Å². The summed E-state index contributed by atoms with van der Waals surface area (Å²) in [5.74, 6) is -2.01. The molecule has 3 aromatic rings. The van der Waals surface area contributed by atoms with Crippen molar-refractivity contribution in [2.75, 3.05) is 13.2 Å². The second kappa shape index (κ2) is 12.3. The standard InChI is InChI=1S/C30H26N2O8/c33-27(20-11-4-1-5-12-20)37-19-23-24(39-28(34)21-13-6-2-7-14-21)25(40-29(35)22-15-8-3-9-16-22)26(38-23)32-18-10-17-31-30(32)36/h1-17,23-26H,18-19H2,(H,31,36)/t23-,24-,25-,26-/m1/s1. The lowest BCUT2D eigenvalue weighted by atomic mass is 10.1. The maximum atomic E-state index is 13.1. The molecule has 0 radical (unpaired) electrons. The quantitative estimate of drug-likeness (QED) is 0.339. The van der Waals surface area contributed by atoms with Gasteiger partial charge < -0.3 is 24.3 Å². The normalized spacial score (nSPS) is 21.8. The van der Waals surface area contributed by atoms with Crippen molar-refractivity contribution in [3.8, 4) is 0 Å². The summed E-state index contributed by atoms with van der Waals surface area (Å²) in [4.78, 5) is 53.0. The number of benzene rings is 3. The van der Waals surface area contributed by atoms with Crippen LogP contribution in [0.3, 0.4) is 0 Å². The molecular formula is C30H26N2O8. The number of ether oxygens (including phenoxy) is 4. The molecule has 0 saturated carbocycles. The Labute approximate surface area is 230 Å². The highest BCUT2D eigenvalue weighted by Crippen LogP contribution is 2.32. The SMILES string of the molecule is O=C(OC[C@H]1O[C@@H](N2CC=CNC2=O)[C@H](OC(=O)c2ccccc2)[C@@H]1OC(=O)c1ccccc1)c1ccccc1. The summed E-state index contributed by atoms with van der Waals surface area (Å²) in [6, 6.07) is 24.4. The largest absolute Gasteiger partial charge is 0.459 e. The number of hydrogen-bond acceptors (Lipinski definition) is 8. The molecule has 10 heteroatoms. The molecule has 204 valence electrons. The van der Waals surface area contributed by atoms with Gasteiger partial charge in [0.2, 0.25) is 0 Å². The van der Waals surface area contributed by atoms with Gasteiger partial charge >= 0.3 is 23.9 Å². The van der Waals surface area contributed by atoms with Gasteiger partial charge in [-0.2, -0.15) is 0 Å².